The lowest BCUT2D eigenvalue weighted by Gasteiger charge is -2.28. The van der Waals surface area contributed by atoms with E-state index in [0.29, 0.717) is 6.04 Å². The fourth-order valence-corrected chi connectivity index (χ4v) is 3.81. The van der Waals surface area contributed by atoms with Gasteiger partial charge in [0.05, 0.1) is 5.52 Å². The zero-order valence-electron chi connectivity index (χ0n) is 10.9. The van der Waals surface area contributed by atoms with Gasteiger partial charge in [0.1, 0.15) is 5.00 Å². The van der Waals surface area contributed by atoms with Crippen LogP contribution >= 0.6 is 11.5 Å². The van der Waals surface area contributed by atoms with Gasteiger partial charge in [-0.05, 0) is 49.3 Å². The van der Waals surface area contributed by atoms with E-state index in [4.69, 9.17) is 0 Å². The van der Waals surface area contributed by atoms with Crippen molar-refractivity contribution in [3.8, 4) is 0 Å². The molecule has 1 aliphatic rings. The third-order valence-corrected chi connectivity index (χ3v) is 4.91. The molecule has 0 radical (unpaired) electrons. The Labute approximate surface area is 113 Å². The highest BCUT2D eigenvalue weighted by molar-refractivity contribution is 7.11. The zero-order valence-corrected chi connectivity index (χ0v) is 11.7. The summed E-state index contributed by atoms with van der Waals surface area (Å²) in [6.07, 6.45) is 6.99. The Balaban J connectivity index is 1.75. The lowest BCUT2D eigenvalue weighted by Crippen LogP contribution is -2.27. The molecule has 0 aliphatic heterocycles. The number of rotatable bonds is 3. The fraction of sp³-hybridized carbons (Fsp3) is 0.533. The van der Waals surface area contributed by atoms with Crippen LogP contribution in [-0.2, 0) is 0 Å². The standard InChI is InChI=1S/C15H20N2S/c1-11(12-7-3-2-4-8-12)16-15-13-9-5-6-10-14(13)17-18-15/h5-6,9-12,16H,2-4,7-8H2,1H3. The Morgan fingerprint density at radius 2 is 2.00 bits per heavy atom. The van der Waals surface area contributed by atoms with Gasteiger partial charge >= 0.3 is 0 Å². The van der Waals surface area contributed by atoms with E-state index in [0.717, 1.165) is 11.4 Å². The van der Waals surface area contributed by atoms with Gasteiger partial charge in [-0.2, -0.15) is 4.37 Å². The second kappa shape index (κ2) is 5.27. The molecular weight excluding hydrogens is 240 g/mol. The molecule has 1 heterocycles. The molecule has 3 rings (SSSR count). The van der Waals surface area contributed by atoms with Gasteiger partial charge in [0.2, 0.25) is 0 Å². The minimum atomic E-state index is 0.564. The molecule has 0 spiro atoms. The number of hydrogen-bond donors (Lipinski definition) is 1. The van der Waals surface area contributed by atoms with Crippen LogP contribution in [0.15, 0.2) is 24.3 Å². The first-order valence-electron chi connectivity index (χ1n) is 6.95. The second-order valence-electron chi connectivity index (χ2n) is 5.36. The van der Waals surface area contributed by atoms with Crippen LogP contribution in [0.25, 0.3) is 10.9 Å². The predicted octanol–water partition coefficient (Wildman–Crippen LogP) is 4.68. The summed E-state index contributed by atoms with van der Waals surface area (Å²) in [5.74, 6) is 0.833. The van der Waals surface area contributed by atoms with Crippen molar-refractivity contribution in [2.45, 2.75) is 45.1 Å². The second-order valence-corrected chi connectivity index (χ2v) is 6.13. The summed E-state index contributed by atoms with van der Waals surface area (Å²) in [5.41, 5.74) is 1.11. The van der Waals surface area contributed by atoms with Gasteiger partial charge in [0.25, 0.3) is 0 Å². The van der Waals surface area contributed by atoms with E-state index >= 15 is 0 Å². The Morgan fingerprint density at radius 3 is 2.83 bits per heavy atom. The molecule has 1 saturated carbocycles. The van der Waals surface area contributed by atoms with Crippen LogP contribution in [0.2, 0.25) is 0 Å². The maximum absolute atomic E-state index is 4.50. The molecule has 3 heteroatoms. The number of nitrogens with one attached hydrogen (secondary N) is 1. The molecule has 1 unspecified atom stereocenters. The Kier molecular flexibility index (Phi) is 3.50. The monoisotopic (exact) mass is 260 g/mol. The summed E-state index contributed by atoms with van der Waals surface area (Å²) in [7, 11) is 0. The van der Waals surface area contributed by atoms with Gasteiger partial charge in [-0.25, -0.2) is 0 Å². The number of fused-ring (bicyclic) bond motifs is 1. The van der Waals surface area contributed by atoms with Crippen molar-refractivity contribution >= 4 is 27.4 Å². The summed E-state index contributed by atoms with van der Waals surface area (Å²) in [6, 6.07) is 8.95. The summed E-state index contributed by atoms with van der Waals surface area (Å²) in [6.45, 7) is 2.32. The number of aromatic nitrogens is 1. The lowest BCUT2D eigenvalue weighted by atomic mass is 9.84. The first-order chi connectivity index (χ1) is 8.84. The molecule has 1 aromatic heterocycles. The topological polar surface area (TPSA) is 24.9 Å². The first kappa shape index (κ1) is 12.0. The normalized spacial score (nSPS) is 18.9. The average Bonchev–Trinajstić information content (AvgIpc) is 2.83. The van der Waals surface area contributed by atoms with Crippen molar-refractivity contribution in [1.82, 2.24) is 4.37 Å². The van der Waals surface area contributed by atoms with E-state index in [-0.39, 0.29) is 0 Å². The van der Waals surface area contributed by atoms with E-state index in [1.807, 2.05) is 0 Å². The van der Waals surface area contributed by atoms with Crippen molar-refractivity contribution in [2.75, 3.05) is 5.32 Å². The van der Waals surface area contributed by atoms with Crippen LogP contribution in [0.3, 0.4) is 0 Å². The molecule has 1 N–H and O–H groups in total. The van der Waals surface area contributed by atoms with E-state index in [2.05, 4.69) is 40.9 Å². The van der Waals surface area contributed by atoms with Gasteiger partial charge in [0.15, 0.2) is 0 Å². The van der Waals surface area contributed by atoms with Crippen molar-refractivity contribution < 1.29 is 0 Å². The highest BCUT2D eigenvalue weighted by Crippen LogP contribution is 2.32. The number of nitrogens with zero attached hydrogens (tertiary/aromatic N) is 1. The number of benzene rings is 1. The molecule has 1 aliphatic carbocycles. The van der Waals surface area contributed by atoms with Crippen LogP contribution in [0.5, 0.6) is 0 Å². The Morgan fingerprint density at radius 1 is 1.22 bits per heavy atom. The first-order valence-corrected chi connectivity index (χ1v) is 7.73. The molecule has 2 nitrogen and oxygen atoms in total. The molecule has 1 aromatic carbocycles. The van der Waals surface area contributed by atoms with Gasteiger partial charge in [0, 0.05) is 11.4 Å². The molecule has 1 atom stereocenters. The maximum atomic E-state index is 4.50. The van der Waals surface area contributed by atoms with Gasteiger partial charge in [-0.3, -0.25) is 0 Å². The quantitative estimate of drug-likeness (QED) is 0.867. The van der Waals surface area contributed by atoms with Crippen molar-refractivity contribution in [1.29, 1.82) is 0 Å². The van der Waals surface area contributed by atoms with Crippen molar-refractivity contribution in [3.63, 3.8) is 0 Å². The average molecular weight is 260 g/mol. The Bertz CT molecular complexity index is 514. The summed E-state index contributed by atoms with van der Waals surface area (Å²) >= 11 is 1.59. The molecule has 2 aromatic rings. The SMILES string of the molecule is CC(Nc1snc2ccccc12)C1CCCCC1. The molecule has 96 valence electrons. The van der Waals surface area contributed by atoms with E-state index in [1.165, 1.54) is 42.5 Å². The fourth-order valence-electron chi connectivity index (χ4n) is 2.95. The summed E-state index contributed by atoms with van der Waals surface area (Å²) in [5, 5.41) is 6.20. The molecule has 18 heavy (non-hydrogen) atoms. The van der Waals surface area contributed by atoms with Crippen LogP contribution in [-0.4, -0.2) is 10.4 Å². The molecule has 1 fully saturated rings. The molecule has 0 saturated heterocycles. The van der Waals surface area contributed by atoms with Gasteiger partial charge in [-0.1, -0.05) is 31.4 Å². The van der Waals surface area contributed by atoms with Crippen LogP contribution in [0.1, 0.15) is 39.0 Å². The van der Waals surface area contributed by atoms with E-state index in [1.54, 1.807) is 11.5 Å². The Hall–Kier alpha value is -1.09. The van der Waals surface area contributed by atoms with Crippen LogP contribution in [0, 0.1) is 5.92 Å². The predicted molar refractivity (Wildman–Crippen MR) is 79.3 cm³/mol. The van der Waals surface area contributed by atoms with Gasteiger partial charge < -0.3 is 5.32 Å². The smallest absolute Gasteiger partial charge is 0.117 e. The number of anilines is 1. The maximum Gasteiger partial charge on any atom is 0.117 e. The molecule has 0 bridgehead atoms. The zero-order chi connectivity index (χ0) is 12.4. The minimum Gasteiger partial charge on any atom is -0.372 e. The highest BCUT2D eigenvalue weighted by atomic mass is 32.1. The minimum absolute atomic E-state index is 0.564. The molecule has 0 amide bonds. The molecular formula is C15H20N2S. The van der Waals surface area contributed by atoms with Gasteiger partial charge in [-0.15, -0.1) is 0 Å². The third kappa shape index (κ3) is 2.37. The lowest BCUT2D eigenvalue weighted by molar-refractivity contribution is 0.329. The van der Waals surface area contributed by atoms with Crippen molar-refractivity contribution in [2.24, 2.45) is 5.92 Å². The van der Waals surface area contributed by atoms with Crippen LogP contribution < -0.4 is 5.32 Å². The van der Waals surface area contributed by atoms with E-state index in [9.17, 15) is 0 Å². The van der Waals surface area contributed by atoms with E-state index < -0.39 is 0 Å². The third-order valence-electron chi connectivity index (χ3n) is 4.10. The summed E-state index contributed by atoms with van der Waals surface area (Å²) in [4.78, 5) is 0. The number of hydrogen-bond acceptors (Lipinski definition) is 3. The van der Waals surface area contributed by atoms with Crippen molar-refractivity contribution in [3.05, 3.63) is 24.3 Å². The highest BCUT2D eigenvalue weighted by Gasteiger charge is 2.20. The van der Waals surface area contributed by atoms with Crippen LogP contribution in [0.4, 0.5) is 5.00 Å². The summed E-state index contributed by atoms with van der Waals surface area (Å²) < 4.78 is 4.50. The largest absolute Gasteiger partial charge is 0.372 e.